The lowest BCUT2D eigenvalue weighted by atomic mass is 9.87. The number of aryl methyl sites for hydroxylation is 1. The molecular weight excluding hydrogens is 348 g/mol. The standard InChI is InChI=1S/C20H30N2O5/c1-6-16(23)21-15(13-12-14-10-8-7-9-11-14)20(5,17(24)25)22-18(26)27-19(2,3)4/h7-11,15H,6,12-13H2,1-5H3,(H,21,23)(H,22,26)(H,24,25). The molecule has 1 aromatic rings. The van der Waals surface area contributed by atoms with E-state index in [0.29, 0.717) is 12.8 Å². The number of benzene rings is 1. The second-order valence-corrected chi connectivity index (χ2v) is 7.63. The summed E-state index contributed by atoms with van der Waals surface area (Å²) in [6.07, 6.45) is 0.259. The Kier molecular flexibility index (Phi) is 7.82. The summed E-state index contributed by atoms with van der Waals surface area (Å²) < 4.78 is 5.20. The molecule has 27 heavy (non-hydrogen) atoms. The summed E-state index contributed by atoms with van der Waals surface area (Å²) >= 11 is 0. The topological polar surface area (TPSA) is 105 Å². The Hall–Kier alpha value is -2.57. The number of ether oxygens (including phenoxy) is 1. The average molecular weight is 378 g/mol. The van der Waals surface area contributed by atoms with Gasteiger partial charge in [0.25, 0.3) is 0 Å². The van der Waals surface area contributed by atoms with Crippen LogP contribution in [0.3, 0.4) is 0 Å². The first-order valence-corrected chi connectivity index (χ1v) is 9.05. The van der Waals surface area contributed by atoms with E-state index >= 15 is 0 Å². The van der Waals surface area contributed by atoms with Gasteiger partial charge in [0.1, 0.15) is 5.60 Å². The third-order valence-electron chi connectivity index (χ3n) is 4.12. The second kappa shape index (κ2) is 9.39. The smallest absolute Gasteiger partial charge is 0.408 e. The fraction of sp³-hybridized carbons (Fsp3) is 0.550. The number of carbonyl (C=O) groups excluding carboxylic acids is 2. The molecular formula is C20H30N2O5. The van der Waals surface area contributed by atoms with Crippen molar-refractivity contribution in [1.29, 1.82) is 0 Å². The molecule has 0 fully saturated rings. The van der Waals surface area contributed by atoms with Gasteiger partial charge < -0.3 is 20.5 Å². The minimum absolute atomic E-state index is 0.212. The van der Waals surface area contributed by atoms with Crippen molar-refractivity contribution in [2.45, 2.75) is 71.1 Å². The lowest BCUT2D eigenvalue weighted by molar-refractivity contribution is -0.146. The van der Waals surface area contributed by atoms with E-state index in [4.69, 9.17) is 4.74 Å². The summed E-state index contributed by atoms with van der Waals surface area (Å²) in [5.74, 6) is -1.53. The molecule has 0 saturated carbocycles. The normalized spacial score (nSPS) is 14.6. The molecule has 0 aromatic heterocycles. The third-order valence-corrected chi connectivity index (χ3v) is 4.12. The van der Waals surface area contributed by atoms with Gasteiger partial charge in [0, 0.05) is 6.42 Å². The zero-order valence-corrected chi connectivity index (χ0v) is 16.7. The number of carbonyl (C=O) groups is 3. The fourth-order valence-corrected chi connectivity index (χ4v) is 2.56. The van der Waals surface area contributed by atoms with Crippen molar-refractivity contribution in [2.24, 2.45) is 0 Å². The highest BCUT2D eigenvalue weighted by Gasteiger charge is 2.44. The van der Waals surface area contributed by atoms with Crippen LogP contribution in [0.5, 0.6) is 0 Å². The largest absolute Gasteiger partial charge is 0.479 e. The Balaban J connectivity index is 3.04. The summed E-state index contributed by atoms with van der Waals surface area (Å²) in [6.45, 7) is 8.14. The number of amides is 2. The number of carboxylic acid groups (broad SMARTS) is 1. The molecule has 3 N–H and O–H groups in total. The summed E-state index contributed by atoms with van der Waals surface area (Å²) in [7, 11) is 0. The van der Waals surface area contributed by atoms with Crippen LogP contribution in [-0.4, -0.2) is 40.3 Å². The van der Waals surface area contributed by atoms with Crippen LogP contribution >= 0.6 is 0 Å². The van der Waals surface area contributed by atoms with E-state index in [2.05, 4.69) is 10.6 Å². The Labute approximate surface area is 160 Å². The molecule has 2 unspecified atom stereocenters. The highest BCUT2D eigenvalue weighted by atomic mass is 16.6. The van der Waals surface area contributed by atoms with E-state index in [0.717, 1.165) is 5.56 Å². The summed E-state index contributed by atoms with van der Waals surface area (Å²) in [5.41, 5.74) is -1.48. The van der Waals surface area contributed by atoms with Gasteiger partial charge >= 0.3 is 12.1 Å². The van der Waals surface area contributed by atoms with Crippen LogP contribution in [0.15, 0.2) is 30.3 Å². The third kappa shape index (κ3) is 7.29. The van der Waals surface area contributed by atoms with Gasteiger partial charge in [-0.2, -0.15) is 0 Å². The van der Waals surface area contributed by atoms with E-state index in [1.54, 1.807) is 27.7 Å². The molecule has 0 aliphatic carbocycles. The molecule has 2 amide bonds. The number of aliphatic carboxylic acids is 1. The second-order valence-electron chi connectivity index (χ2n) is 7.63. The van der Waals surface area contributed by atoms with Gasteiger partial charge in [-0.15, -0.1) is 0 Å². The summed E-state index contributed by atoms with van der Waals surface area (Å²) in [6, 6.07) is 8.73. The van der Waals surface area contributed by atoms with Gasteiger partial charge in [0.2, 0.25) is 5.91 Å². The van der Waals surface area contributed by atoms with Crippen LogP contribution in [-0.2, 0) is 20.7 Å². The van der Waals surface area contributed by atoms with E-state index in [1.807, 2.05) is 30.3 Å². The van der Waals surface area contributed by atoms with Crippen molar-refractivity contribution in [1.82, 2.24) is 10.6 Å². The first-order chi connectivity index (χ1) is 12.5. The molecule has 0 aliphatic rings. The minimum atomic E-state index is -1.72. The van der Waals surface area contributed by atoms with Crippen molar-refractivity contribution in [3.63, 3.8) is 0 Å². The molecule has 0 saturated heterocycles. The Bertz CT molecular complexity index is 654. The van der Waals surface area contributed by atoms with Gasteiger partial charge in [0.15, 0.2) is 5.54 Å². The highest BCUT2D eigenvalue weighted by molar-refractivity contribution is 5.86. The van der Waals surface area contributed by atoms with Crippen molar-refractivity contribution in [3.8, 4) is 0 Å². The van der Waals surface area contributed by atoms with Gasteiger partial charge in [-0.05, 0) is 46.1 Å². The van der Waals surface area contributed by atoms with Crippen molar-refractivity contribution >= 4 is 18.0 Å². The van der Waals surface area contributed by atoms with E-state index in [1.165, 1.54) is 6.92 Å². The molecule has 7 nitrogen and oxygen atoms in total. The maximum absolute atomic E-state index is 12.2. The Morgan fingerprint density at radius 1 is 1.11 bits per heavy atom. The van der Waals surface area contributed by atoms with Crippen molar-refractivity contribution in [3.05, 3.63) is 35.9 Å². The lowest BCUT2D eigenvalue weighted by Crippen LogP contribution is -2.65. The monoisotopic (exact) mass is 378 g/mol. The van der Waals surface area contributed by atoms with Gasteiger partial charge in [-0.1, -0.05) is 37.3 Å². The molecule has 7 heteroatoms. The fourth-order valence-electron chi connectivity index (χ4n) is 2.56. The zero-order chi connectivity index (χ0) is 20.7. The van der Waals surface area contributed by atoms with Crippen LogP contribution in [0.1, 0.15) is 53.0 Å². The van der Waals surface area contributed by atoms with E-state index in [-0.39, 0.29) is 12.3 Å². The molecule has 0 radical (unpaired) electrons. The quantitative estimate of drug-likeness (QED) is 0.645. The maximum Gasteiger partial charge on any atom is 0.408 e. The van der Waals surface area contributed by atoms with Gasteiger partial charge in [0.05, 0.1) is 6.04 Å². The molecule has 0 aliphatic heterocycles. The van der Waals surface area contributed by atoms with Gasteiger partial charge in [-0.25, -0.2) is 9.59 Å². The molecule has 150 valence electrons. The number of nitrogens with one attached hydrogen (secondary N) is 2. The van der Waals surface area contributed by atoms with Crippen LogP contribution in [0.4, 0.5) is 4.79 Å². The summed E-state index contributed by atoms with van der Waals surface area (Å²) in [4.78, 5) is 36.2. The van der Waals surface area contributed by atoms with Crippen LogP contribution in [0, 0.1) is 0 Å². The molecule has 0 heterocycles. The summed E-state index contributed by atoms with van der Waals surface area (Å²) in [5, 5.41) is 15.0. The van der Waals surface area contributed by atoms with Crippen LogP contribution < -0.4 is 10.6 Å². The van der Waals surface area contributed by atoms with Gasteiger partial charge in [-0.3, -0.25) is 4.79 Å². The number of hydrogen-bond donors (Lipinski definition) is 3. The SMILES string of the molecule is CCC(=O)NC(CCc1ccccc1)C(C)(NC(=O)OC(C)(C)C)C(=O)O. The van der Waals surface area contributed by atoms with Crippen LogP contribution in [0.25, 0.3) is 0 Å². The Morgan fingerprint density at radius 3 is 2.19 bits per heavy atom. The first-order valence-electron chi connectivity index (χ1n) is 9.05. The molecule has 0 bridgehead atoms. The Morgan fingerprint density at radius 2 is 1.70 bits per heavy atom. The number of carboxylic acids is 1. The zero-order valence-electron chi connectivity index (χ0n) is 16.7. The molecule has 0 spiro atoms. The number of hydrogen-bond acceptors (Lipinski definition) is 4. The predicted octanol–water partition coefficient (Wildman–Crippen LogP) is 2.88. The number of alkyl carbamates (subject to hydrolysis) is 1. The maximum atomic E-state index is 12.2. The predicted molar refractivity (Wildman–Crippen MR) is 102 cm³/mol. The molecule has 1 aromatic carbocycles. The van der Waals surface area contributed by atoms with Crippen LogP contribution in [0.2, 0.25) is 0 Å². The minimum Gasteiger partial charge on any atom is -0.479 e. The van der Waals surface area contributed by atoms with Crippen molar-refractivity contribution in [2.75, 3.05) is 0 Å². The van der Waals surface area contributed by atoms with Crippen molar-refractivity contribution < 1.29 is 24.2 Å². The highest BCUT2D eigenvalue weighted by Crippen LogP contribution is 2.19. The van der Waals surface area contributed by atoms with E-state index in [9.17, 15) is 19.5 Å². The lowest BCUT2D eigenvalue weighted by Gasteiger charge is -2.36. The number of rotatable bonds is 8. The average Bonchev–Trinajstić information content (AvgIpc) is 2.57. The first kappa shape index (κ1) is 22.5. The molecule has 2 atom stereocenters. The molecule has 1 rings (SSSR count). The van der Waals surface area contributed by atoms with E-state index < -0.39 is 29.2 Å².